The van der Waals surface area contributed by atoms with Crippen LogP contribution in [0.15, 0.2) is 17.5 Å². The molecule has 0 aliphatic carbocycles. The van der Waals surface area contributed by atoms with Crippen LogP contribution in [0.25, 0.3) is 0 Å². The van der Waals surface area contributed by atoms with E-state index in [4.69, 9.17) is 0 Å². The van der Waals surface area contributed by atoms with E-state index in [1.165, 1.54) is 4.88 Å². The number of alkyl halides is 3. The van der Waals surface area contributed by atoms with Crippen molar-refractivity contribution in [2.75, 3.05) is 19.8 Å². The lowest BCUT2D eigenvalue weighted by Gasteiger charge is -2.17. The fourth-order valence-corrected chi connectivity index (χ4v) is 2.45. The second-order valence-electron chi connectivity index (χ2n) is 3.98. The lowest BCUT2D eigenvalue weighted by atomic mass is 10.1. The van der Waals surface area contributed by atoms with Crippen molar-refractivity contribution in [3.8, 4) is 0 Å². The molecule has 0 saturated carbocycles. The minimum atomic E-state index is -4.24. The number of nitrogens with one attached hydrogen (secondary N) is 1. The van der Waals surface area contributed by atoms with Crippen LogP contribution in [0.1, 0.15) is 30.7 Å². The topological polar surface area (TPSA) is 21.3 Å². The molecule has 0 aliphatic rings. The molecular weight excluding hydrogens is 263 g/mol. The summed E-state index contributed by atoms with van der Waals surface area (Å²) in [6, 6.07) is 4.23. The van der Waals surface area contributed by atoms with E-state index in [0.29, 0.717) is 6.54 Å². The second kappa shape index (κ2) is 7.76. The monoisotopic (exact) mass is 281 g/mol. The Balaban J connectivity index is 2.23. The van der Waals surface area contributed by atoms with Crippen molar-refractivity contribution in [2.45, 2.75) is 32.0 Å². The standard InChI is InChI=1S/C12H18F3NOS/c1-2-4-10(11-5-3-8-18-11)16-6-7-17-9-12(13,14)15/h3,5,8,10,16H,2,4,6-7,9H2,1H3. The number of hydrogen-bond donors (Lipinski definition) is 1. The molecule has 0 aliphatic heterocycles. The molecular formula is C12H18F3NOS. The summed E-state index contributed by atoms with van der Waals surface area (Å²) in [7, 11) is 0. The average Bonchev–Trinajstić information content (AvgIpc) is 2.79. The van der Waals surface area contributed by atoms with Crippen molar-refractivity contribution in [3.63, 3.8) is 0 Å². The van der Waals surface area contributed by atoms with E-state index in [0.717, 1.165) is 12.8 Å². The Morgan fingerprint density at radius 1 is 1.44 bits per heavy atom. The zero-order chi connectivity index (χ0) is 13.4. The zero-order valence-electron chi connectivity index (χ0n) is 10.3. The first-order valence-corrected chi connectivity index (χ1v) is 6.82. The lowest BCUT2D eigenvalue weighted by molar-refractivity contribution is -0.173. The highest BCUT2D eigenvalue weighted by Gasteiger charge is 2.27. The minimum Gasteiger partial charge on any atom is -0.371 e. The molecule has 1 heterocycles. The van der Waals surface area contributed by atoms with Gasteiger partial charge in [-0.05, 0) is 17.9 Å². The van der Waals surface area contributed by atoms with Gasteiger partial charge in [-0.3, -0.25) is 0 Å². The Kier molecular flexibility index (Phi) is 6.67. The molecule has 6 heteroatoms. The van der Waals surface area contributed by atoms with Crippen LogP contribution in [-0.2, 0) is 4.74 Å². The predicted octanol–water partition coefficient (Wildman–Crippen LogP) is 3.76. The SMILES string of the molecule is CCCC(NCCOCC(F)(F)F)c1cccs1. The third kappa shape index (κ3) is 6.37. The number of ether oxygens (including phenoxy) is 1. The third-order valence-electron chi connectivity index (χ3n) is 2.37. The molecule has 104 valence electrons. The second-order valence-corrected chi connectivity index (χ2v) is 4.96. The van der Waals surface area contributed by atoms with Gasteiger partial charge in [0.15, 0.2) is 0 Å². The van der Waals surface area contributed by atoms with Crippen molar-refractivity contribution >= 4 is 11.3 Å². The Hall–Kier alpha value is -0.590. The summed E-state index contributed by atoms with van der Waals surface area (Å²) in [5.74, 6) is 0. The smallest absolute Gasteiger partial charge is 0.371 e. The van der Waals surface area contributed by atoms with E-state index in [2.05, 4.69) is 17.0 Å². The molecule has 1 N–H and O–H groups in total. The summed E-state index contributed by atoms with van der Waals surface area (Å²) in [6.45, 7) is 1.41. The minimum absolute atomic E-state index is 0.0745. The first-order chi connectivity index (χ1) is 8.53. The van der Waals surface area contributed by atoms with Crippen LogP contribution >= 0.6 is 11.3 Å². The molecule has 0 fully saturated rings. The van der Waals surface area contributed by atoms with E-state index < -0.39 is 12.8 Å². The fraction of sp³-hybridized carbons (Fsp3) is 0.667. The molecule has 1 atom stereocenters. The fourth-order valence-electron chi connectivity index (χ4n) is 1.62. The molecule has 0 amide bonds. The molecule has 0 saturated heterocycles. The Morgan fingerprint density at radius 2 is 2.22 bits per heavy atom. The Morgan fingerprint density at radius 3 is 2.78 bits per heavy atom. The summed E-state index contributed by atoms with van der Waals surface area (Å²) in [5.41, 5.74) is 0. The van der Waals surface area contributed by atoms with Crippen LogP contribution in [0.5, 0.6) is 0 Å². The van der Waals surface area contributed by atoms with Gasteiger partial charge in [0.05, 0.1) is 6.61 Å². The van der Waals surface area contributed by atoms with Crippen molar-refractivity contribution in [3.05, 3.63) is 22.4 Å². The first-order valence-electron chi connectivity index (χ1n) is 5.94. The Bertz CT molecular complexity index is 314. The lowest BCUT2D eigenvalue weighted by Crippen LogP contribution is -2.26. The molecule has 1 rings (SSSR count). The molecule has 1 aromatic heterocycles. The maximum Gasteiger partial charge on any atom is 0.411 e. The van der Waals surface area contributed by atoms with Gasteiger partial charge in [-0.1, -0.05) is 19.4 Å². The maximum atomic E-state index is 11.8. The number of thiophene rings is 1. The highest BCUT2D eigenvalue weighted by atomic mass is 32.1. The number of hydrogen-bond acceptors (Lipinski definition) is 3. The quantitative estimate of drug-likeness (QED) is 0.733. The molecule has 0 aromatic carbocycles. The van der Waals surface area contributed by atoms with Gasteiger partial charge in [0.25, 0.3) is 0 Å². The molecule has 18 heavy (non-hydrogen) atoms. The average molecular weight is 281 g/mol. The van der Waals surface area contributed by atoms with E-state index in [9.17, 15) is 13.2 Å². The van der Waals surface area contributed by atoms with Crippen LogP contribution in [0.3, 0.4) is 0 Å². The van der Waals surface area contributed by atoms with E-state index >= 15 is 0 Å². The first kappa shape index (κ1) is 15.5. The number of halogens is 3. The molecule has 1 aromatic rings. The van der Waals surface area contributed by atoms with Gasteiger partial charge in [0.1, 0.15) is 6.61 Å². The largest absolute Gasteiger partial charge is 0.411 e. The highest BCUT2D eigenvalue weighted by molar-refractivity contribution is 7.10. The third-order valence-corrected chi connectivity index (χ3v) is 3.35. The van der Waals surface area contributed by atoms with Gasteiger partial charge in [0.2, 0.25) is 0 Å². The normalized spacial score (nSPS) is 13.8. The van der Waals surface area contributed by atoms with Gasteiger partial charge < -0.3 is 10.1 Å². The van der Waals surface area contributed by atoms with Gasteiger partial charge >= 0.3 is 6.18 Å². The summed E-state index contributed by atoms with van der Waals surface area (Å²) in [6.07, 6.45) is -2.24. The molecule has 0 spiro atoms. The number of rotatable bonds is 8. The van der Waals surface area contributed by atoms with E-state index in [1.807, 2.05) is 17.5 Å². The summed E-state index contributed by atoms with van der Waals surface area (Å²) in [5, 5.41) is 5.23. The molecule has 0 bridgehead atoms. The Labute approximate surface area is 109 Å². The van der Waals surface area contributed by atoms with E-state index in [-0.39, 0.29) is 12.6 Å². The molecule has 2 nitrogen and oxygen atoms in total. The summed E-state index contributed by atoms with van der Waals surface area (Å²) in [4.78, 5) is 1.22. The molecule has 1 unspecified atom stereocenters. The van der Waals surface area contributed by atoms with E-state index in [1.54, 1.807) is 11.3 Å². The zero-order valence-corrected chi connectivity index (χ0v) is 11.1. The van der Waals surface area contributed by atoms with Crippen molar-refractivity contribution in [1.29, 1.82) is 0 Å². The van der Waals surface area contributed by atoms with Crippen LogP contribution in [-0.4, -0.2) is 25.9 Å². The van der Waals surface area contributed by atoms with Gasteiger partial charge in [-0.15, -0.1) is 11.3 Å². The van der Waals surface area contributed by atoms with Gasteiger partial charge in [-0.25, -0.2) is 0 Å². The summed E-state index contributed by atoms with van der Waals surface area (Å²) >= 11 is 1.66. The van der Waals surface area contributed by atoms with Gasteiger partial charge in [-0.2, -0.15) is 13.2 Å². The summed E-state index contributed by atoms with van der Waals surface area (Å²) < 4.78 is 40.1. The van der Waals surface area contributed by atoms with Crippen LogP contribution in [0.2, 0.25) is 0 Å². The van der Waals surface area contributed by atoms with Crippen molar-refractivity contribution in [2.24, 2.45) is 0 Å². The van der Waals surface area contributed by atoms with Crippen molar-refractivity contribution < 1.29 is 17.9 Å². The molecule has 0 radical (unpaired) electrons. The van der Waals surface area contributed by atoms with Crippen LogP contribution < -0.4 is 5.32 Å². The van der Waals surface area contributed by atoms with Gasteiger partial charge in [0, 0.05) is 17.5 Å². The predicted molar refractivity (Wildman–Crippen MR) is 66.8 cm³/mol. The highest BCUT2D eigenvalue weighted by Crippen LogP contribution is 2.22. The van der Waals surface area contributed by atoms with Crippen LogP contribution in [0, 0.1) is 0 Å². The van der Waals surface area contributed by atoms with Crippen LogP contribution in [0.4, 0.5) is 13.2 Å². The maximum absolute atomic E-state index is 11.8. The van der Waals surface area contributed by atoms with Crippen molar-refractivity contribution in [1.82, 2.24) is 5.32 Å².